The van der Waals surface area contributed by atoms with Crippen LogP contribution in [0.25, 0.3) is 0 Å². The van der Waals surface area contributed by atoms with Gasteiger partial charge in [-0.25, -0.2) is 9.55 Å². The van der Waals surface area contributed by atoms with Crippen LogP contribution in [-0.2, 0) is 11.3 Å². The summed E-state index contributed by atoms with van der Waals surface area (Å²) < 4.78 is 1.11. The third kappa shape index (κ3) is 3.61. The van der Waals surface area contributed by atoms with Gasteiger partial charge in [0.05, 0.1) is 15.6 Å². The van der Waals surface area contributed by atoms with Crippen molar-refractivity contribution in [3.05, 3.63) is 55.5 Å². The summed E-state index contributed by atoms with van der Waals surface area (Å²) in [6.45, 7) is 1.14. The molecule has 1 amide bonds. The smallest absolute Gasteiger partial charge is 0.343 e. The highest BCUT2D eigenvalue weighted by Gasteiger charge is 2.21. The predicted molar refractivity (Wildman–Crippen MR) is 80.4 cm³/mol. The van der Waals surface area contributed by atoms with Crippen LogP contribution in [0.2, 0.25) is 5.02 Å². The molecule has 1 aromatic heterocycles. The Bertz CT molecular complexity index is 803. The Balaban J connectivity index is 2.21. The van der Waals surface area contributed by atoms with Crippen LogP contribution in [0.3, 0.4) is 0 Å². The monoisotopic (exact) mass is 339 g/mol. The van der Waals surface area contributed by atoms with Gasteiger partial charge in [0.1, 0.15) is 6.20 Å². The summed E-state index contributed by atoms with van der Waals surface area (Å²) in [5, 5.41) is 24.1. The van der Waals surface area contributed by atoms with Crippen molar-refractivity contribution in [2.45, 2.75) is 13.5 Å². The molecule has 0 aliphatic rings. The first-order valence-corrected chi connectivity index (χ1v) is 6.57. The number of benzene rings is 1. The molecule has 23 heavy (non-hydrogen) atoms. The normalized spacial score (nSPS) is 10.3. The van der Waals surface area contributed by atoms with Crippen molar-refractivity contribution < 1.29 is 14.6 Å². The van der Waals surface area contributed by atoms with Crippen LogP contribution in [0.4, 0.5) is 17.2 Å². The third-order valence-electron chi connectivity index (χ3n) is 2.96. The van der Waals surface area contributed by atoms with Gasteiger partial charge in [0.15, 0.2) is 12.4 Å². The second-order valence-corrected chi connectivity index (χ2v) is 4.88. The number of rotatable bonds is 5. The zero-order valence-corrected chi connectivity index (χ0v) is 12.5. The van der Waals surface area contributed by atoms with E-state index in [-0.39, 0.29) is 34.6 Å². The molecule has 10 nitrogen and oxygen atoms in total. The summed E-state index contributed by atoms with van der Waals surface area (Å²) in [6, 6.07) is 3.58. The molecule has 0 unspecified atom stereocenters. The number of aryl methyl sites for hydroxylation is 1. The average molecular weight is 340 g/mol. The molecule has 0 saturated carbocycles. The minimum atomic E-state index is -0.659. The fourth-order valence-corrected chi connectivity index (χ4v) is 2.02. The molecule has 0 spiro atoms. The van der Waals surface area contributed by atoms with E-state index in [1.807, 2.05) is 0 Å². The molecule has 0 bridgehead atoms. The number of nitrogens with one attached hydrogen (secondary N) is 1. The van der Waals surface area contributed by atoms with E-state index in [2.05, 4.69) is 10.3 Å². The number of carbonyl (C=O) groups is 1. The van der Waals surface area contributed by atoms with E-state index in [0.717, 1.165) is 16.8 Å². The second kappa shape index (κ2) is 6.40. The van der Waals surface area contributed by atoms with Crippen LogP contribution in [0.1, 0.15) is 5.82 Å². The van der Waals surface area contributed by atoms with Crippen molar-refractivity contribution in [1.29, 1.82) is 0 Å². The Morgan fingerprint density at radius 2 is 2.04 bits per heavy atom. The van der Waals surface area contributed by atoms with E-state index in [9.17, 15) is 25.0 Å². The van der Waals surface area contributed by atoms with Crippen LogP contribution in [0, 0.1) is 27.2 Å². The quantitative estimate of drug-likeness (QED) is 0.656. The number of carbonyl (C=O) groups excluding carboxylic acids is 1. The first-order chi connectivity index (χ1) is 10.8. The maximum Gasteiger partial charge on any atom is 0.343 e. The first-order valence-electron chi connectivity index (χ1n) is 6.20. The Labute approximate surface area is 134 Å². The van der Waals surface area contributed by atoms with Gasteiger partial charge < -0.3 is 15.4 Å². The average Bonchev–Trinajstić information content (AvgIpc) is 2.82. The van der Waals surface area contributed by atoms with Gasteiger partial charge in [0, 0.05) is 19.1 Å². The molecule has 0 radical (unpaired) electrons. The fourth-order valence-electron chi connectivity index (χ4n) is 1.85. The standard InChI is InChI=1S/C12H10ClN5O5/c1-7-14-5-12(18(22)23)16(7)6-11(19)15-10-4-8(17(20)21)2-3-9(10)13/h2-5H,6H2,1H3,(H,15,19). The number of imidazole rings is 1. The number of hydrogen-bond donors (Lipinski definition) is 1. The van der Waals surface area contributed by atoms with E-state index in [4.69, 9.17) is 11.6 Å². The molecule has 0 aliphatic heterocycles. The highest BCUT2D eigenvalue weighted by atomic mass is 35.5. The number of non-ortho nitro benzene ring substituents is 1. The highest BCUT2D eigenvalue weighted by molar-refractivity contribution is 6.33. The van der Waals surface area contributed by atoms with Gasteiger partial charge in [0.25, 0.3) is 11.6 Å². The summed E-state index contributed by atoms with van der Waals surface area (Å²) in [6.07, 6.45) is 1.04. The minimum Gasteiger partial charge on any atom is -0.358 e. The van der Waals surface area contributed by atoms with Crippen molar-refractivity contribution in [1.82, 2.24) is 9.55 Å². The SMILES string of the molecule is Cc1ncc([N+](=O)[O-])n1CC(=O)Nc1cc([N+](=O)[O-])ccc1Cl. The fraction of sp³-hybridized carbons (Fsp3) is 0.167. The van der Waals surface area contributed by atoms with E-state index in [1.54, 1.807) is 0 Å². The number of hydrogen-bond acceptors (Lipinski definition) is 6. The Kier molecular flexibility index (Phi) is 4.55. The largest absolute Gasteiger partial charge is 0.358 e. The van der Waals surface area contributed by atoms with Gasteiger partial charge in [0.2, 0.25) is 0 Å². The van der Waals surface area contributed by atoms with Crippen molar-refractivity contribution in [3.63, 3.8) is 0 Å². The van der Waals surface area contributed by atoms with Crippen molar-refractivity contribution >= 4 is 34.7 Å². The highest BCUT2D eigenvalue weighted by Crippen LogP contribution is 2.26. The lowest BCUT2D eigenvalue weighted by molar-refractivity contribution is -0.392. The lowest BCUT2D eigenvalue weighted by Crippen LogP contribution is -2.20. The molecule has 1 aromatic carbocycles. The molecule has 120 valence electrons. The van der Waals surface area contributed by atoms with Crippen molar-refractivity contribution in [2.24, 2.45) is 0 Å². The molecule has 0 fully saturated rings. The van der Waals surface area contributed by atoms with Crippen LogP contribution in [0.5, 0.6) is 0 Å². The Morgan fingerprint density at radius 1 is 1.35 bits per heavy atom. The molecule has 2 rings (SSSR count). The van der Waals surface area contributed by atoms with Gasteiger partial charge in [-0.15, -0.1) is 0 Å². The molecule has 1 heterocycles. The number of halogens is 1. The number of nitrogens with zero attached hydrogens (tertiary/aromatic N) is 4. The van der Waals surface area contributed by atoms with E-state index < -0.39 is 15.8 Å². The Morgan fingerprint density at radius 3 is 2.65 bits per heavy atom. The predicted octanol–water partition coefficient (Wildman–Crippen LogP) is 2.30. The molecule has 1 N–H and O–H groups in total. The number of nitro groups is 2. The number of nitro benzene ring substituents is 1. The maximum atomic E-state index is 12.0. The lowest BCUT2D eigenvalue weighted by Gasteiger charge is -2.07. The van der Waals surface area contributed by atoms with Gasteiger partial charge in [-0.1, -0.05) is 11.6 Å². The zero-order chi connectivity index (χ0) is 17.1. The molecular weight excluding hydrogens is 330 g/mol. The molecule has 0 aliphatic carbocycles. The van der Waals surface area contributed by atoms with Crippen molar-refractivity contribution in [2.75, 3.05) is 5.32 Å². The van der Waals surface area contributed by atoms with Gasteiger partial charge in [-0.05, 0) is 11.0 Å². The van der Waals surface area contributed by atoms with Crippen molar-refractivity contribution in [3.8, 4) is 0 Å². The summed E-state index contributed by atoms with van der Waals surface area (Å²) in [7, 11) is 0. The van der Waals surface area contributed by atoms with Gasteiger partial charge >= 0.3 is 5.82 Å². The zero-order valence-electron chi connectivity index (χ0n) is 11.7. The van der Waals surface area contributed by atoms with E-state index >= 15 is 0 Å². The van der Waals surface area contributed by atoms with Crippen LogP contribution in [0.15, 0.2) is 24.4 Å². The summed E-state index contributed by atoms with van der Waals surface area (Å²) in [4.78, 5) is 36.1. The molecule has 0 saturated heterocycles. The molecule has 0 atom stereocenters. The minimum absolute atomic E-state index is 0.0475. The summed E-state index contributed by atoms with van der Waals surface area (Å²) in [5.74, 6) is -0.670. The molecule has 11 heteroatoms. The molecular formula is C12H10ClN5O5. The number of anilines is 1. The third-order valence-corrected chi connectivity index (χ3v) is 3.29. The Hall–Kier alpha value is -3.01. The van der Waals surface area contributed by atoms with Gasteiger partial charge in [-0.3, -0.25) is 14.9 Å². The van der Waals surface area contributed by atoms with E-state index in [0.29, 0.717) is 0 Å². The second-order valence-electron chi connectivity index (χ2n) is 4.48. The van der Waals surface area contributed by atoms with Crippen LogP contribution >= 0.6 is 11.6 Å². The van der Waals surface area contributed by atoms with Crippen LogP contribution in [-0.4, -0.2) is 25.3 Å². The lowest BCUT2D eigenvalue weighted by atomic mass is 10.2. The number of amides is 1. The summed E-state index contributed by atoms with van der Waals surface area (Å²) in [5.41, 5.74) is -0.194. The topological polar surface area (TPSA) is 133 Å². The molecule has 2 aromatic rings. The summed E-state index contributed by atoms with van der Waals surface area (Å²) >= 11 is 5.88. The van der Waals surface area contributed by atoms with Crippen LogP contribution < -0.4 is 5.32 Å². The maximum absolute atomic E-state index is 12.0. The number of aromatic nitrogens is 2. The first kappa shape index (κ1) is 16.4. The van der Waals surface area contributed by atoms with Gasteiger partial charge in [-0.2, -0.15) is 0 Å². The van der Waals surface area contributed by atoms with E-state index in [1.165, 1.54) is 19.1 Å².